The maximum Gasteiger partial charge on any atom is 0.130 e. The molecule has 0 amide bonds. The van der Waals surface area contributed by atoms with Crippen LogP contribution in [0.25, 0.3) is 5.57 Å². The van der Waals surface area contributed by atoms with Crippen LogP contribution >= 0.6 is 0 Å². The summed E-state index contributed by atoms with van der Waals surface area (Å²) in [5, 5.41) is 34.7. The van der Waals surface area contributed by atoms with Gasteiger partial charge in [-0.3, -0.25) is 0 Å². The van der Waals surface area contributed by atoms with Crippen LogP contribution in [0.2, 0.25) is 0 Å². The Morgan fingerprint density at radius 3 is 1.88 bits per heavy atom. The molecule has 0 fully saturated rings. The van der Waals surface area contributed by atoms with E-state index in [1.807, 2.05) is 19.1 Å². The molecule has 0 saturated heterocycles. The Kier molecular flexibility index (Phi) is 11.5. The molecule has 0 saturated carbocycles. The second kappa shape index (κ2) is 15.3. The molecule has 0 heterocycles. The van der Waals surface area contributed by atoms with E-state index in [0.717, 1.165) is 71.1 Å². The van der Waals surface area contributed by atoms with E-state index in [-0.39, 0.29) is 23.3 Å². The van der Waals surface area contributed by atoms with Crippen molar-refractivity contribution in [2.45, 2.75) is 105 Å². The monoisotopic (exact) mass is 577 g/mol. The first kappa shape index (κ1) is 32.4. The number of aromatic hydroxyl groups is 2. The molecule has 0 bridgehead atoms. The smallest absolute Gasteiger partial charge is 0.130 e. The molecule has 43 heavy (non-hydrogen) atoms. The fourth-order valence-corrected chi connectivity index (χ4v) is 7.09. The Hall–Kier alpha value is -3.51. The Morgan fingerprint density at radius 2 is 1.40 bits per heavy atom. The first-order valence-electron chi connectivity index (χ1n) is 16.6. The van der Waals surface area contributed by atoms with E-state index < -0.39 is 0 Å². The normalized spacial score (nSPS) is 17.3. The number of nitriles is 1. The minimum atomic E-state index is -0.265. The number of phenols is 2. The molecule has 4 unspecified atom stereocenters. The fourth-order valence-electron chi connectivity index (χ4n) is 7.09. The van der Waals surface area contributed by atoms with E-state index in [1.54, 1.807) is 0 Å². The lowest BCUT2D eigenvalue weighted by Crippen LogP contribution is -2.17. The van der Waals surface area contributed by atoms with Gasteiger partial charge in [0.1, 0.15) is 11.5 Å². The molecule has 3 aromatic carbocycles. The summed E-state index contributed by atoms with van der Waals surface area (Å²) in [7, 11) is 0. The van der Waals surface area contributed by atoms with Crippen LogP contribution in [0, 0.1) is 29.1 Å². The van der Waals surface area contributed by atoms with Crippen LogP contribution in [0.1, 0.15) is 125 Å². The number of hydrogen-bond acceptors (Lipinski definition) is 3. The molecule has 1 aliphatic carbocycles. The number of benzene rings is 3. The lowest BCUT2D eigenvalue weighted by atomic mass is 9.72. The molecule has 0 aromatic heterocycles. The van der Waals surface area contributed by atoms with Crippen LogP contribution in [0.3, 0.4) is 0 Å². The van der Waals surface area contributed by atoms with Crippen LogP contribution < -0.4 is 0 Å². The molecule has 3 heteroatoms. The summed E-state index contributed by atoms with van der Waals surface area (Å²) < 4.78 is 0. The van der Waals surface area contributed by atoms with Gasteiger partial charge in [-0.1, -0.05) is 120 Å². The van der Waals surface area contributed by atoms with Gasteiger partial charge in [-0.25, -0.2) is 0 Å². The molecule has 0 aliphatic heterocycles. The summed E-state index contributed by atoms with van der Waals surface area (Å²) >= 11 is 0. The molecule has 2 N–H and O–H groups in total. The van der Waals surface area contributed by atoms with Gasteiger partial charge in [0, 0.05) is 24.0 Å². The third kappa shape index (κ3) is 7.53. The van der Waals surface area contributed by atoms with Crippen molar-refractivity contribution in [2.75, 3.05) is 0 Å². The molecule has 3 aromatic rings. The fraction of sp³-hybridized carbons (Fsp3) is 0.475. The largest absolute Gasteiger partial charge is 0.507 e. The number of allylic oxidation sites excluding steroid dienone is 2. The highest BCUT2D eigenvalue weighted by atomic mass is 16.3. The topological polar surface area (TPSA) is 64.2 Å². The molecule has 1 aliphatic rings. The number of hydrogen-bond donors (Lipinski definition) is 2. The lowest BCUT2D eigenvalue weighted by Gasteiger charge is -2.33. The summed E-state index contributed by atoms with van der Waals surface area (Å²) in [6.45, 7) is 11.0. The van der Waals surface area contributed by atoms with Crippen LogP contribution in [0.5, 0.6) is 11.5 Å². The highest BCUT2D eigenvalue weighted by molar-refractivity contribution is 5.82. The van der Waals surface area contributed by atoms with Crippen molar-refractivity contribution in [3.8, 4) is 17.6 Å². The second-order valence-corrected chi connectivity index (χ2v) is 12.9. The van der Waals surface area contributed by atoms with Gasteiger partial charge in [0.25, 0.3) is 0 Å². The van der Waals surface area contributed by atoms with Crippen molar-refractivity contribution in [1.82, 2.24) is 0 Å². The van der Waals surface area contributed by atoms with Crippen molar-refractivity contribution < 1.29 is 10.2 Å². The lowest BCUT2D eigenvalue weighted by molar-refractivity contribution is 0.408. The maximum atomic E-state index is 12.4. The maximum absolute atomic E-state index is 12.4. The molecular formula is C40H51NO2. The molecule has 3 nitrogen and oxygen atoms in total. The number of phenolic OH excluding ortho intramolecular Hbond substituents is 2. The Balaban J connectivity index is 2.03. The van der Waals surface area contributed by atoms with E-state index >= 15 is 0 Å². The highest BCUT2D eigenvalue weighted by Crippen LogP contribution is 2.52. The molecule has 0 spiro atoms. The van der Waals surface area contributed by atoms with E-state index in [0.29, 0.717) is 30.2 Å². The van der Waals surface area contributed by atoms with Crippen LogP contribution in [0.15, 0.2) is 66.2 Å². The SMILES string of the molecule is CCCCCC(C)C(C)c1c(Cc2ccccc2)c(O)c(C2=C(C(C)C#N)CCC(CC)C2)c(O)c1Cc1ccccc1. The van der Waals surface area contributed by atoms with E-state index in [4.69, 9.17) is 0 Å². The standard InChI is InChI=1S/C40H51NO2/c1-6-8-11-16-27(3)29(5)37-35(24-31-17-12-9-13-18-31)39(42)38(40(43)36(37)25-32-19-14-10-15-20-32)34-23-30(7-2)21-22-33(34)28(4)26-41/h9-10,12-15,17-20,27-30,42-43H,6-8,11,16,21-25H2,1-5H3. The summed E-state index contributed by atoms with van der Waals surface area (Å²) in [6, 6.07) is 23.2. The van der Waals surface area contributed by atoms with Crippen LogP contribution in [0.4, 0.5) is 0 Å². The van der Waals surface area contributed by atoms with Crippen molar-refractivity contribution in [1.29, 1.82) is 5.26 Å². The van der Waals surface area contributed by atoms with Gasteiger partial charge in [-0.05, 0) is 71.8 Å². The van der Waals surface area contributed by atoms with E-state index in [1.165, 1.54) is 19.3 Å². The molecule has 228 valence electrons. The van der Waals surface area contributed by atoms with Crippen molar-refractivity contribution in [3.63, 3.8) is 0 Å². The molecule has 0 radical (unpaired) electrons. The van der Waals surface area contributed by atoms with Crippen molar-refractivity contribution in [3.05, 3.63) is 99.6 Å². The predicted molar refractivity (Wildman–Crippen MR) is 179 cm³/mol. The first-order chi connectivity index (χ1) is 20.8. The molecule has 4 atom stereocenters. The Bertz CT molecular complexity index is 1350. The quantitative estimate of drug-likeness (QED) is 0.199. The highest BCUT2D eigenvalue weighted by Gasteiger charge is 2.33. The summed E-state index contributed by atoms with van der Waals surface area (Å²) in [6.07, 6.45) is 9.57. The Morgan fingerprint density at radius 1 is 0.837 bits per heavy atom. The molecular weight excluding hydrogens is 526 g/mol. The zero-order chi connectivity index (χ0) is 30.9. The molecule has 4 rings (SSSR count). The zero-order valence-corrected chi connectivity index (χ0v) is 27.0. The van der Waals surface area contributed by atoms with E-state index in [2.05, 4.69) is 82.3 Å². The third-order valence-corrected chi connectivity index (χ3v) is 10.0. The van der Waals surface area contributed by atoms with Gasteiger partial charge in [0.05, 0.1) is 17.6 Å². The van der Waals surface area contributed by atoms with Gasteiger partial charge in [-0.2, -0.15) is 5.26 Å². The predicted octanol–water partition coefficient (Wildman–Crippen LogP) is 10.7. The number of rotatable bonds is 13. The van der Waals surface area contributed by atoms with Crippen molar-refractivity contribution >= 4 is 5.57 Å². The summed E-state index contributed by atoms with van der Waals surface area (Å²) in [5.41, 5.74) is 7.85. The summed E-state index contributed by atoms with van der Waals surface area (Å²) in [5.74, 6) is 1.16. The van der Waals surface area contributed by atoms with Crippen LogP contribution in [-0.4, -0.2) is 10.2 Å². The Labute approximate surface area is 260 Å². The van der Waals surface area contributed by atoms with Crippen molar-refractivity contribution in [2.24, 2.45) is 17.8 Å². The van der Waals surface area contributed by atoms with Gasteiger partial charge in [0.2, 0.25) is 0 Å². The van der Waals surface area contributed by atoms with Gasteiger partial charge >= 0.3 is 0 Å². The zero-order valence-electron chi connectivity index (χ0n) is 27.0. The minimum Gasteiger partial charge on any atom is -0.507 e. The van der Waals surface area contributed by atoms with Gasteiger partial charge in [0.15, 0.2) is 0 Å². The number of unbranched alkanes of at least 4 members (excludes halogenated alkanes) is 2. The third-order valence-electron chi connectivity index (χ3n) is 10.0. The van der Waals surface area contributed by atoms with Gasteiger partial charge < -0.3 is 10.2 Å². The second-order valence-electron chi connectivity index (χ2n) is 12.9. The summed E-state index contributed by atoms with van der Waals surface area (Å²) in [4.78, 5) is 0. The van der Waals surface area contributed by atoms with Crippen LogP contribution in [-0.2, 0) is 12.8 Å². The van der Waals surface area contributed by atoms with E-state index in [9.17, 15) is 15.5 Å². The average molecular weight is 578 g/mol. The van der Waals surface area contributed by atoms with Gasteiger partial charge in [-0.15, -0.1) is 0 Å². The minimum absolute atomic E-state index is 0.154. The first-order valence-corrected chi connectivity index (χ1v) is 16.6. The number of nitrogens with zero attached hydrogens (tertiary/aromatic N) is 1. The average Bonchev–Trinajstić information content (AvgIpc) is 3.03.